The molecule has 18 heavy (non-hydrogen) atoms. The van der Waals surface area contributed by atoms with Crippen molar-refractivity contribution >= 4 is 0 Å². The van der Waals surface area contributed by atoms with Crippen molar-refractivity contribution < 1.29 is 15.3 Å². The SMILES string of the molecule is CC(C)(C)C(N)C(O)c1ccc(O)c(C(N)O)c1. The number of hydrogen-bond donors (Lipinski definition) is 5. The van der Waals surface area contributed by atoms with Gasteiger partial charge in [0.05, 0.1) is 6.10 Å². The number of aliphatic hydroxyl groups excluding tert-OH is 2. The van der Waals surface area contributed by atoms with Gasteiger partial charge in [-0.2, -0.15) is 0 Å². The predicted octanol–water partition coefficient (Wildman–Crippen LogP) is 0.749. The van der Waals surface area contributed by atoms with Crippen molar-refractivity contribution in [2.24, 2.45) is 16.9 Å². The lowest BCUT2D eigenvalue weighted by Gasteiger charge is -2.31. The van der Waals surface area contributed by atoms with Gasteiger partial charge in [-0.25, -0.2) is 0 Å². The highest BCUT2D eigenvalue weighted by atomic mass is 16.3. The monoisotopic (exact) mass is 254 g/mol. The predicted molar refractivity (Wildman–Crippen MR) is 69.6 cm³/mol. The number of benzene rings is 1. The number of hydrogen-bond acceptors (Lipinski definition) is 5. The van der Waals surface area contributed by atoms with E-state index in [1.54, 1.807) is 6.07 Å². The zero-order valence-corrected chi connectivity index (χ0v) is 11.0. The van der Waals surface area contributed by atoms with Gasteiger partial charge in [-0.1, -0.05) is 26.8 Å². The maximum Gasteiger partial charge on any atom is 0.132 e. The lowest BCUT2D eigenvalue weighted by molar-refractivity contribution is 0.0922. The molecule has 1 aromatic carbocycles. The van der Waals surface area contributed by atoms with Gasteiger partial charge in [-0.15, -0.1) is 0 Å². The number of aliphatic hydroxyl groups is 2. The fourth-order valence-corrected chi connectivity index (χ4v) is 1.67. The molecule has 0 aromatic heterocycles. The molecule has 0 heterocycles. The van der Waals surface area contributed by atoms with Crippen LogP contribution in [-0.2, 0) is 0 Å². The summed E-state index contributed by atoms with van der Waals surface area (Å²) in [5, 5.41) is 29.0. The van der Waals surface area contributed by atoms with Gasteiger partial charge in [0, 0.05) is 11.6 Å². The van der Waals surface area contributed by atoms with E-state index < -0.39 is 18.4 Å². The molecule has 1 aromatic rings. The van der Waals surface area contributed by atoms with Crippen molar-refractivity contribution in [2.45, 2.75) is 39.1 Å². The third-order valence-corrected chi connectivity index (χ3v) is 3.05. The number of rotatable bonds is 3. The quantitative estimate of drug-likeness (QED) is 0.511. The fraction of sp³-hybridized carbons (Fsp3) is 0.538. The Morgan fingerprint density at radius 3 is 2.11 bits per heavy atom. The Bertz CT molecular complexity index is 413. The summed E-state index contributed by atoms with van der Waals surface area (Å²) >= 11 is 0. The third-order valence-electron chi connectivity index (χ3n) is 3.05. The molecule has 5 nitrogen and oxygen atoms in total. The minimum Gasteiger partial charge on any atom is -0.508 e. The van der Waals surface area contributed by atoms with Gasteiger partial charge in [0.25, 0.3) is 0 Å². The Labute approximate surface area is 107 Å². The number of phenolic OH excluding ortho intramolecular Hbond substituents is 1. The first kappa shape index (κ1) is 14.9. The van der Waals surface area contributed by atoms with Crippen LogP contribution in [0.5, 0.6) is 5.75 Å². The molecule has 0 bridgehead atoms. The van der Waals surface area contributed by atoms with Crippen molar-refractivity contribution in [3.8, 4) is 5.75 Å². The molecule has 7 N–H and O–H groups in total. The molecule has 0 saturated carbocycles. The zero-order valence-electron chi connectivity index (χ0n) is 11.0. The maximum atomic E-state index is 10.2. The molecule has 102 valence electrons. The molecule has 0 spiro atoms. The maximum absolute atomic E-state index is 10.2. The Morgan fingerprint density at radius 1 is 1.11 bits per heavy atom. The number of aromatic hydroxyl groups is 1. The van der Waals surface area contributed by atoms with Crippen LogP contribution in [0.3, 0.4) is 0 Å². The first-order valence-corrected chi connectivity index (χ1v) is 5.84. The molecule has 5 heteroatoms. The summed E-state index contributed by atoms with van der Waals surface area (Å²) in [7, 11) is 0. The topological polar surface area (TPSA) is 113 Å². The van der Waals surface area contributed by atoms with Gasteiger partial charge in [-0.3, -0.25) is 0 Å². The van der Waals surface area contributed by atoms with Crippen LogP contribution < -0.4 is 11.5 Å². The Balaban J connectivity index is 3.07. The first-order valence-electron chi connectivity index (χ1n) is 5.84. The van der Waals surface area contributed by atoms with Gasteiger partial charge >= 0.3 is 0 Å². The van der Waals surface area contributed by atoms with Gasteiger partial charge in [-0.05, 0) is 23.1 Å². The van der Waals surface area contributed by atoms with Crippen LogP contribution in [0.2, 0.25) is 0 Å². The largest absolute Gasteiger partial charge is 0.508 e. The summed E-state index contributed by atoms with van der Waals surface area (Å²) in [6, 6.07) is 3.96. The van der Waals surface area contributed by atoms with Crippen molar-refractivity contribution in [2.75, 3.05) is 0 Å². The van der Waals surface area contributed by atoms with Crippen LogP contribution in [0.4, 0.5) is 0 Å². The summed E-state index contributed by atoms with van der Waals surface area (Å²) in [6.45, 7) is 5.79. The Hall–Kier alpha value is -1.14. The molecular weight excluding hydrogens is 232 g/mol. The molecule has 0 aliphatic rings. The van der Waals surface area contributed by atoms with E-state index in [2.05, 4.69) is 0 Å². The summed E-state index contributed by atoms with van der Waals surface area (Å²) in [6.07, 6.45) is -2.17. The molecule has 0 aliphatic heterocycles. The third kappa shape index (κ3) is 3.20. The van der Waals surface area contributed by atoms with Crippen molar-refractivity contribution in [1.82, 2.24) is 0 Å². The van der Waals surface area contributed by atoms with Gasteiger partial charge in [0.1, 0.15) is 12.0 Å². The fourth-order valence-electron chi connectivity index (χ4n) is 1.67. The molecule has 1 rings (SSSR count). The average Bonchev–Trinajstić information content (AvgIpc) is 2.26. The van der Waals surface area contributed by atoms with Crippen LogP contribution >= 0.6 is 0 Å². The smallest absolute Gasteiger partial charge is 0.132 e. The number of phenols is 1. The highest BCUT2D eigenvalue weighted by molar-refractivity contribution is 5.38. The van der Waals surface area contributed by atoms with E-state index in [4.69, 9.17) is 11.5 Å². The van der Waals surface area contributed by atoms with Crippen molar-refractivity contribution in [3.05, 3.63) is 29.3 Å². The molecule has 0 fully saturated rings. The molecule has 0 aliphatic carbocycles. The van der Waals surface area contributed by atoms with Crippen LogP contribution in [0.1, 0.15) is 44.2 Å². The van der Waals surface area contributed by atoms with Gasteiger partial charge in [0.15, 0.2) is 0 Å². The van der Waals surface area contributed by atoms with Crippen LogP contribution in [0.15, 0.2) is 18.2 Å². The summed E-state index contributed by atoms with van der Waals surface area (Å²) in [4.78, 5) is 0. The molecule has 0 saturated heterocycles. The average molecular weight is 254 g/mol. The second-order valence-corrected chi connectivity index (χ2v) is 5.60. The van der Waals surface area contributed by atoms with Crippen molar-refractivity contribution in [3.63, 3.8) is 0 Å². The van der Waals surface area contributed by atoms with E-state index in [9.17, 15) is 15.3 Å². The lowest BCUT2D eigenvalue weighted by atomic mass is 9.81. The summed E-state index contributed by atoms with van der Waals surface area (Å²) < 4.78 is 0. The second-order valence-electron chi connectivity index (χ2n) is 5.60. The second kappa shape index (κ2) is 5.24. The van der Waals surface area contributed by atoms with Crippen LogP contribution in [-0.4, -0.2) is 21.4 Å². The van der Waals surface area contributed by atoms with E-state index in [1.807, 2.05) is 20.8 Å². The standard InChI is InChI=1S/C13H22N2O3/c1-13(2,3)11(14)10(17)7-4-5-9(16)8(6-7)12(15)18/h4-6,10-12,16-18H,14-15H2,1-3H3. The molecule has 3 unspecified atom stereocenters. The molecule has 3 atom stereocenters. The van der Waals surface area contributed by atoms with Crippen molar-refractivity contribution in [1.29, 1.82) is 0 Å². The van der Waals surface area contributed by atoms with Gasteiger partial charge in [0.2, 0.25) is 0 Å². The van der Waals surface area contributed by atoms with E-state index >= 15 is 0 Å². The lowest BCUT2D eigenvalue weighted by Crippen LogP contribution is -2.40. The summed E-state index contributed by atoms with van der Waals surface area (Å²) in [5.41, 5.74) is 11.7. The van der Waals surface area contributed by atoms with E-state index in [0.717, 1.165) is 0 Å². The zero-order chi connectivity index (χ0) is 14.1. The highest BCUT2D eigenvalue weighted by Crippen LogP contribution is 2.31. The van der Waals surface area contributed by atoms with E-state index in [1.165, 1.54) is 12.1 Å². The van der Waals surface area contributed by atoms with Crippen LogP contribution in [0.25, 0.3) is 0 Å². The summed E-state index contributed by atoms with van der Waals surface area (Å²) in [5.74, 6) is -0.106. The molecule has 0 radical (unpaired) electrons. The number of nitrogens with two attached hydrogens (primary N) is 2. The highest BCUT2D eigenvalue weighted by Gasteiger charge is 2.29. The molecular formula is C13H22N2O3. The minimum absolute atomic E-state index is 0.106. The van der Waals surface area contributed by atoms with Gasteiger partial charge < -0.3 is 26.8 Å². The van der Waals surface area contributed by atoms with E-state index in [-0.39, 0.29) is 16.7 Å². The Morgan fingerprint density at radius 2 is 1.67 bits per heavy atom. The van der Waals surface area contributed by atoms with Crippen LogP contribution in [0, 0.1) is 5.41 Å². The minimum atomic E-state index is -1.29. The first-order chi connectivity index (χ1) is 8.14. The van der Waals surface area contributed by atoms with E-state index in [0.29, 0.717) is 5.56 Å². The molecule has 0 amide bonds. The Kier molecular flexibility index (Phi) is 4.34. The normalized spacial score (nSPS) is 17.3.